The van der Waals surface area contributed by atoms with Crippen molar-refractivity contribution >= 4 is 21.6 Å². The zero-order valence-corrected chi connectivity index (χ0v) is 18.3. The summed E-state index contributed by atoms with van der Waals surface area (Å²) in [6.07, 6.45) is 2.35. The maximum Gasteiger partial charge on any atom is 0.262 e. The van der Waals surface area contributed by atoms with E-state index in [1.165, 1.54) is 12.1 Å². The number of carbonyl (C=O) groups is 1. The van der Waals surface area contributed by atoms with Crippen LogP contribution in [0, 0.1) is 0 Å². The van der Waals surface area contributed by atoms with Crippen LogP contribution >= 0.6 is 0 Å². The number of aryl methyl sites for hydroxylation is 2. The van der Waals surface area contributed by atoms with E-state index in [1.54, 1.807) is 12.1 Å². The second-order valence-electron chi connectivity index (χ2n) is 6.90. The Morgan fingerprint density at radius 3 is 2.10 bits per heavy atom. The van der Waals surface area contributed by atoms with Crippen molar-refractivity contribution in [3.8, 4) is 5.75 Å². The number of anilines is 1. The molecule has 0 bridgehead atoms. The number of amides is 1. The monoisotopic (exact) mass is 418 g/mol. The van der Waals surface area contributed by atoms with Crippen LogP contribution in [-0.4, -0.2) is 27.0 Å². The molecule has 0 spiro atoms. The molecule has 0 heterocycles. The van der Waals surface area contributed by atoms with Gasteiger partial charge in [-0.25, -0.2) is 13.1 Å². The van der Waals surface area contributed by atoms with Crippen LogP contribution in [0.25, 0.3) is 0 Å². The molecule has 0 aliphatic carbocycles. The first-order valence-electron chi connectivity index (χ1n) is 9.96. The Balaban J connectivity index is 2.00. The van der Waals surface area contributed by atoms with Gasteiger partial charge in [-0.2, -0.15) is 0 Å². The second kappa shape index (κ2) is 10.4. The van der Waals surface area contributed by atoms with Crippen LogP contribution < -0.4 is 14.8 Å². The number of carbonyl (C=O) groups excluding carboxylic acids is 1. The third kappa shape index (κ3) is 6.30. The van der Waals surface area contributed by atoms with Crippen molar-refractivity contribution in [1.82, 2.24) is 4.72 Å². The lowest BCUT2D eigenvalue weighted by Gasteiger charge is -2.15. The first kappa shape index (κ1) is 22.9. The minimum absolute atomic E-state index is 0.140. The molecule has 0 fully saturated rings. The molecule has 2 rings (SSSR count). The van der Waals surface area contributed by atoms with E-state index in [0.717, 1.165) is 29.7 Å². The van der Waals surface area contributed by atoms with Crippen molar-refractivity contribution in [1.29, 1.82) is 0 Å². The average molecular weight is 419 g/mol. The summed E-state index contributed by atoms with van der Waals surface area (Å²) >= 11 is 0. The number of hydrogen-bond donors (Lipinski definition) is 2. The van der Waals surface area contributed by atoms with E-state index in [0.29, 0.717) is 12.2 Å². The van der Waals surface area contributed by atoms with E-state index in [-0.39, 0.29) is 23.5 Å². The number of rotatable bonds is 10. The summed E-state index contributed by atoms with van der Waals surface area (Å²) in [5, 5.41) is 2.95. The molecule has 0 radical (unpaired) electrons. The number of para-hydroxylation sites is 1. The van der Waals surface area contributed by atoms with E-state index in [2.05, 4.69) is 10.0 Å². The van der Waals surface area contributed by atoms with Gasteiger partial charge in [0.1, 0.15) is 5.75 Å². The van der Waals surface area contributed by atoms with Crippen LogP contribution in [0.15, 0.2) is 47.4 Å². The van der Waals surface area contributed by atoms with Crippen molar-refractivity contribution in [2.75, 3.05) is 11.9 Å². The SMILES string of the molecule is CCc1cccc(CC)c1NC(=O)COc1ccc(S(=O)(=O)N[C@@H](C)CC)cc1. The molecule has 158 valence electrons. The van der Waals surface area contributed by atoms with E-state index in [1.807, 2.05) is 45.9 Å². The van der Waals surface area contributed by atoms with Crippen molar-refractivity contribution in [2.45, 2.75) is 57.9 Å². The van der Waals surface area contributed by atoms with Gasteiger partial charge in [0.2, 0.25) is 10.0 Å². The molecular weight excluding hydrogens is 388 g/mol. The topological polar surface area (TPSA) is 84.5 Å². The molecule has 6 nitrogen and oxygen atoms in total. The van der Waals surface area contributed by atoms with Gasteiger partial charge in [0.05, 0.1) is 4.90 Å². The van der Waals surface area contributed by atoms with Crippen LogP contribution in [-0.2, 0) is 27.7 Å². The largest absolute Gasteiger partial charge is 0.484 e. The molecule has 0 aliphatic rings. The molecule has 1 atom stereocenters. The highest BCUT2D eigenvalue weighted by Gasteiger charge is 2.16. The molecular formula is C22H30N2O4S. The average Bonchev–Trinajstić information content (AvgIpc) is 2.72. The van der Waals surface area contributed by atoms with E-state index in [4.69, 9.17) is 4.74 Å². The Hall–Kier alpha value is -2.38. The minimum Gasteiger partial charge on any atom is -0.484 e. The van der Waals surface area contributed by atoms with Gasteiger partial charge in [-0.3, -0.25) is 4.79 Å². The number of ether oxygens (including phenoxy) is 1. The van der Waals surface area contributed by atoms with Gasteiger partial charge in [0.25, 0.3) is 5.91 Å². The minimum atomic E-state index is -3.56. The molecule has 7 heteroatoms. The first-order chi connectivity index (χ1) is 13.8. The highest BCUT2D eigenvalue weighted by molar-refractivity contribution is 7.89. The molecule has 2 aromatic rings. The predicted octanol–water partition coefficient (Wildman–Crippen LogP) is 3.91. The maximum absolute atomic E-state index is 12.4. The molecule has 29 heavy (non-hydrogen) atoms. The Bertz CT molecular complexity index is 902. The van der Waals surface area contributed by atoms with Crippen molar-refractivity contribution in [3.63, 3.8) is 0 Å². The quantitative estimate of drug-likeness (QED) is 0.613. The van der Waals surface area contributed by atoms with Crippen molar-refractivity contribution < 1.29 is 17.9 Å². The van der Waals surface area contributed by atoms with Crippen LogP contribution in [0.5, 0.6) is 5.75 Å². The highest BCUT2D eigenvalue weighted by atomic mass is 32.2. The fraction of sp³-hybridized carbons (Fsp3) is 0.409. The third-order valence-electron chi connectivity index (χ3n) is 4.74. The lowest BCUT2D eigenvalue weighted by molar-refractivity contribution is -0.118. The van der Waals surface area contributed by atoms with Crippen LogP contribution in [0.1, 0.15) is 45.2 Å². The smallest absolute Gasteiger partial charge is 0.262 e. The summed E-state index contributed by atoms with van der Waals surface area (Å²) in [5.74, 6) is 0.179. The zero-order chi connectivity index (χ0) is 21.4. The van der Waals surface area contributed by atoms with E-state index >= 15 is 0 Å². The summed E-state index contributed by atoms with van der Waals surface area (Å²) in [4.78, 5) is 12.5. The molecule has 2 N–H and O–H groups in total. The standard InChI is InChI=1S/C22H30N2O4S/c1-5-16(4)24-29(26,27)20-13-11-19(12-14-20)28-15-21(25)23-22-17(6-2)9-8-10-18(22)7-3/h8-14,16,24H,5-7,15H2,1-4H3,(H,23,25)/t16-/m0/s1. The summed E-state index contributed by atoms with van der Waals surface area (Å²) in [6.45, 7) is 7.67. The molecule has 0 saturated carbocycles. The van der Waals surface area contributed by atoms with E-state index in [9.17, 15) is 13.2 Å². The first-order valence-corrected chi connectivity index (χ1v) is 11.4. The van der Waals surface area contributed by atoms with Gasteiger partial charge in [0, 0.05) is 11.7 Å². The number of sulfonamides is 1. The van der Waals surface area contributed by atoms with E-state index < -0.39 is 10.0 Å². The Kier molecular flexibility index (Phi) is 8.22. The van der Waals surface area contributed by atoms with Crippen molar-refractivity contribution in [3.05, 3.63) is 53.6 Å². The summed E-state index contributed by atoms with van der Waals surface area (Å²) in [7, 11) is -3.56. The fourth-order valence-electron chi connectivity index (χ4n) is 2.86. The Labute approximate surface area is 173 Å². The molecule has 0 aliphatic heterocycles. The molecule has 2 aromatic carbocycles. The summed E-state index contributed by atoms with van der Waals surface area (Å²) < 4.78 is 32.7. The van der Waals surface area contributed by atoms with Crippen LogP contribution in [0.2, 0.25) is 0 Å². The lowest BCUT2D eigenvalue weighted by atomic mass is 10.0. The van der Waals surface area contributed by atoms with Gasteiger partial charge in [0.15, 0.2) is 6.61 Å². The predicted molar refractivity (Wildman–Crippen MR) is 116 cm³/mol. The summed E-state index contributed by atoms with van der Waals surface area (Å²) in [5.41, 5.74) is 3.02. The maximum atomic E-state index is 12.4. The Morgan fingerprint density at radius 1 is 1.00 bits per heavy atom. The molecule has 0 saturated heterocycles. The zero-order valence-electron chi connectivity index (χ0n) is 17.5. The van der Waals surface area contributed by atoms with Crippen LogP contribution in [0.4, 0.5) is 5.69 Å². The molecule has 0 aromatic heterocycles. The number of benzene rings is 2. The lowest BCUT2D eigenvalue weighted by Crippen LogP contribution is -2.31. The molecule has 1 amide bonds. The third-order valence-corrected chi connectivity index (χ3v) is 6.34. The van der Waals surface area contributed by atoms with Gasteiger partial charge >= 0.3 is 0 Å². The van der Waals surface area contributed by atoms with Crippen molar-refractivity contribution in [2.24, 2.45) is 0 Å². The number of nitrogens with one attached hydrogen (secondary N) is 2. The van der Waals surface area contributed by atoms with Gasteiger partial charge in [-0.15, -0.1) is 0 Å². The van der Waals surface area contributed by atoms with Gasteiger partial charge in [-0.1, -0.05) is 39.0 Å². The molecule has 0 unspecified atom stereocenters. The number of hydrogen-bond acceptors (Lipinski definition) is 4. The summed E-state index contributed by atoms with van der Waals surface area (Å²) in [6, 6.07) is 11.9. The second-order valence-corrected chi connectivity index (χ2v) is 8.61. The Morgan fingerprint density at radius 2 is 1.59 bits per heavy atom. The van der Waals surface area contributed by atoms with Crippen LogP contribution in [0.3, 0.4) is 0 Å². The van der Waals surface area contributed by atoms with Gasteiger partial charge in [-0.05, 0) is 61.6 Å². The fourth-order valence-corrected chi connectivity index (χ4v) is 4.19. The van der Waals surface area contributed by atoms with Gasteiger partial charge < -0.3 is 10.1 Å². The normalized spacial score (nSPS) is 12.4. The highest BCUT2D eigenvalue weighted by Crippen LogP contribution is 2.23.